The van der Waals surface area contributed by atoms with E-state index in [1.54, 1.807) is 4.68 Å². The molecule has 0 unspecified atom stereocenters. The number of nitrogens with zero attached hydrogens (tertiary/aromatic N) is 6. The van der Waals surface area contributed by atoms with Crippen LogP contribution in [0.15, 0.2) is 0 Å². The molecule has 0 aliphatic rings. The van der Waals surface area contributed by atoms with Gasteiger partial charge in [0, 0.05) is 27.2 Å². The van der Waals surface area contributed by atoms with Crippen molar-refractivity contribution < 1.29 is 0 Å². The lowest BCUT2D eigenvalue weighted by Gasteiger charge is -2.15. The average molecular weight is 221 g/mol. The van der Waals surface area contributed by atoms with Crippen molar-refractivity contribution in [3.63, 3.8) is 0 Å². The molecule has 7 heteroatoms. The van der Waals surface area contributed by atoms with Crippen molar-refractivity contribution in [1.29, 1.82) is 0 Å². The summed E-state index contributed by atoms with van der Waals surface area (Å²) >= 11 is 0. The van der Waals surface area contributed by atoms with Gasteiger partial charge in [0.1, 0.15) is 5.52 Å². The van der Waals surface area contributed by atoms with Crippen molar-refractivity contribution in [2.45, 2.75) is 6.92 Å². The van der Waals surface area contributed by atoms with Crippen LogP contribution >= 0.6 is 0 Å². The largest absolute Gasteiger partial charge is 0.343 e. The zero-order valence-electron chi connectivity index (χ0n) is 9.67. The highest BCUT2D eigenvalue weighted by Gasteiger charge is 2.12. The van der Waals surface area contributed by atoms with Gasteiger partial charge in [-0.3, -0.25) is 0 Å². The Labute approximate surface area is 93.3 Å². The fourth-order valence-electron chi connectivity index (χ4n) is 1.60. The number of anilines is 1. The van der Waals surface area contributed by atoms with Crippen LogP contribution in [0.3, 0.4) is 0 Å². The van der Waals surface area contributed by atoms with Crippen molar-refractivity contribution in [1.82, 2.24) is 25.0 Å². The molecule has 0 aromatic carbocycles. The SMILES string of the molecule is Cc1nc(N(C)CCN)nc2nnn(C)c12. The van der Waals surface area contributed by atoms with Gasteiger partial charge in [-0.05, 0) is 6.92 Å². The van der Waals surface area contributed by atoms with Crippen LogP contribution in [0.5, 0.6) is 0 Å². The molecular weight excluding hydrogens is 206 g/mol. The van der Waals surface area contributed by atoms with Crippen LogP contribution in [-0.4, -0.2) is 45.1 Å². The summed E-state index contributed by atoms with van der Waals surface area (Å²) in [6.07, 6.45) is 0. The summed E-state index contributed by atoms with van der Waals surface area (Å²) in [5, 5.41) is 7.91. The summed E-state index contributed by atoms with van der Waals surface area (Å²) < 4.78 is 1.68. The third-order valence-corrected chi connectivity index (χ3v) is 2.43. The van der Waals surface area contributed by atoms with E-state index in [0.717, 1.165) is 11.2 Å². The Balaban J connectivity index is 2.50. The summed E-state index contributed by atoms with van der Waals surface area (Å²) in [4.78, 5) is 10.7. The van der Waals surface area contributed by atoms with E-state index in [2.05, 4.69) is 20.3 Å². The molecule has 0 fully saturated rings. The molecule has 86 valence electrons. The average Bonchev–Trinajstić information content (AvgIpc) is 2.61. The summed E-state index contributed by atoms with van der Waals surface area (Å²) in [7, 11) is 3.73. The van der Waals surface area contributed by atoms with Gasteiger partial charge in [0.05, 0.1) is 5.69 Å². The highest BCUT2D eigenvalue weighted by molar-refractivity contribution is 5.73. The summed E-state index contributed by atoms with van der Waals surface area (Å²) in [5.41, 5.74) is 7.85. The molecule has 2 heterocycles. The van der Waals surface area contributed by atoms with E-state index in [1.165, 1.54) is 0 Å². The van der Waals surface area contributed by atoms with Crippen LogP contribution in [0, 0.1) is 6.92 Å². The monoisotopic (exact) mass is 221 g/mol. The number of rotatable bonds is 3. The van der Waals surface area contributed by atoms with Gasteiger partial charge in [-0.25, -0.2) is 9.67 Å². The summed E-state index contributed by atoms with van der Waals surface area (Å²) in [6, 6.07) is 0. The highest BCUT2D eigenvalue weighted by Crippen LogP contribution is 2.15. The van der Waals surface area contributed by atoms with Gasteiger partial charge >= 0.3 is 0 Å². The minimum atomic E-state index is 0.567. The molecule has 2 aromatic rings. The maximum Gasteiger partial charge on any atom is 0.227 e. The Bertz CT molecular complexity index is 504. The van der Waals surface area contributed by atoms with Crippen LogP contribution in [0.2, 0.25) is 0 Å². The molecule has 0 bridgehead atoms. The molecule has 0 aliphatic heterocycles. The normalized spacial score (nSPS) is 11.0. The molecule has 16 heavy (non-hydrogen) atoms. The molecule has 2 N–H and O–H groups in total. The zero-order valence-corrected chi connectivity index (χ0v) is 9.67. The lowest BCUT2D eigenvalue weighted by atomic mass is 10.4. The van der Waals surface area contributed by atoms with Gasteiger partial charge in [0.15, 0.2) is 0 Å². The van der Waals surface area contributed by atoms with Crippen molar-refractivity contribution in [2.75, 3.05) is 25.0 Å². The van der Waals surface area contributed by atoms with E-state index in [4.69, 9.17) is 5.73 Å². The molecule has 0 saturated heterocycles. The second-order valence-electron chi connectivity index (χ2n) is 3.70. The summed E-state index contributed by atoms with van der Waals surface area (Å²) in [5.74, 6) is 0.635. The molecule has 0 radical (unpaired) electrons. The number of aromatic nitrogens is 5. The minimum absolute atomic E-state index is 0.567. The topological polar surface area (TPSA) is 85.8 Å². The molecule has 0 spiro atoms. The van der Waals surface area contributed by atoms with Gasteiger partial charge in [-0.1, -0.05) is 5.21 Å². The smallest absolute Gasteiger partial charge is 0.227 e. The van der Waals surface area contributed by atoms with Crippen LogP contribution < -0.4 is 10.6 Å². The number of nitrogens with two attached hydrogens (primary N) is 1. The number of hydrogen-bond donors (Lipinski definition) is 1. The molecule has 2 rings (SSSR count). The Hall–Kier alpha value is -1.76. The Morgan fingerprint density at radius 1 is 1.38 bits per heavy atom. The summed E-state index contributed by atoms with van der Waals surface area (Å²) in [6.45, 7) is 3.20. The fraction of sp³-hybridized carbons (Fsp3) is 0.556. The van der Waals surface area contributed by atoms with Crippen molar-refractivity contribution in [2.24, 2.45) is 12.8 Å². The Morgan fingerprint density at radius 3 is 2.81 bits per heavy atom. The van der Waals surface area contributed by atoms with Crippen LogP contribution in [-0.2, 0) is 7.05 Å². The van der Waals surface area contributed by atoms with E-state index in [0.29, 0.717) is 24.7 Å². The number of likely N-dealkylation sites (N-methyl/N-ethyl adjacent to an activating group) is 1. The van der Waals surface area contributed by atoms with Crippen LogP contribution in [0.1, 0.15) is 5.69 Å². The number of fused-ring (bicyclic) bond motifs is 1. The van der Waals surface area contributed by atoms with E-state index in [-0.39, 0.29) is 0 Å². The Kier molecular flexibility index (Phi) is 2.69. The van der Waals surface area contributed by atoms with E-state index >= 15 is 0 Å². The minimum Gasteiger partial charge on any atom is -0.343 e. The maximum atomic E-state index is 5.49. The van der Waals surface area contributed by atoms with Crippen molar-refractivity contribution >= 4 is 17.1 Å². The van der Waals surface area contributed by atoms with Crippen LogP contribution in [0.25, 0.3) is 11.2 Å². The number of hydrogen-bond acceptors (Lipinski definition) is 6. The lowest BCUT2D eigenvalue weighted by Crippen LogP contribution is -2.26. The number of aryl methyl sites for hydroxylation is 2. The molecule has 2 aromatic heterocycles. The maximum absolute atomic E-state index is 5.49. The van der Waals surface area contributed by atoms with Crippen molar-refractivity contribution in [3.8, 4) is 0 Å². The molecule has 0 aliphatic carbocycles. The third kappa shape index (κ3) is 1.69. The quantitative estimate of drug-likeness (QED) is 0.749. The van der Waals surface area contributed by atoms with E-state index in [9.17, 15) is 0 Å². The molecule has 0 saturated carbocycles. The van der Waals surface area contributed by atoms with Gasteiger partial charge in [0.2, 0.25) is 11.6 Å². The fourth-order valence-corrected chi connectivity index (χ4v) is 1.60. The van der Waals surface area contributed by atoms with Gasteiger partial charge in [0.25, 0.3) is 0 Å². The van der Waals surface area contributed by atoms with Gasteiger partial charge in [-0.15, -0.1) is 5.10 Å². The van der Waals surface area contributed by atoms with E-state index < -0.39 is 0 Å². The lowest BCUT2D eigenvalue weighted by molar-refractivity contribution is 0.733. The highest BCUT2D eigenvalue weighted by atomic mass is 15.4. The molecule has 0 atom stereocenters. The van der Waals surface area contributed by atoms with Crippen LogP contribution in [0.4, 0.5) is 5.95 Å². The second-order valence-corrected chi connectivity index (χ2v) is 3.70. The first-order valence-electron chi connectivity index (χ1n) is 5.08. The third-order valence-electron chi connectivity index (χ3n) is 2.43. The zero-order chi connectivity index (χ0) is 11.7. The first-order valence-corrected chi connectivity index (χ1v) is 5.08. The first-order chi connectivity index (χ1) is 7.63. The standard InChI is InChI=1S/C9H15N7/c1-6-7-8(13-14-16(7)3)12-9(11-6)15(2)5-4-10/h4-5,10H2,1-3H3. The first kappa shape index (κ1) is 10.7. The van der Waals surface area contributed by atoms with Crippen molar-refractivity contribution in [3.05, 3.63) is 5.69 Å². The molecule has 0 amide bonds. The molecular formula is C9H15N7. The van der Waals surface area contributed by atoms with Gasteiger partial charge < -0.3 is 10.6 Å². The van der Waals surface area contributed by atoms with E-state index in [1.807, 2.05) is 25.9 Å². The predicted molar refractivity (Wildman–Crippen MR) is 61.2 cm³/mol. The van der Waals surface area contributed by atoms with Gasteiger partial charge in [-0.2, -0.15) is 4.98 Å². The Morgan fingerprint density at radius 2 is 2.12 bits per heavy atom. The second kappa shape index (κ2) is 4.01. The molecule has 7 nitrogen and oxygen atoms in total. The predicted octanol–water partition coefficient (Wildman–Crippen LogP) is -0.538.